The normalized spacial score (nSPS) is 15.4. The molecular formula is C86H85NO. The number of hydrogen-bond donors (Lipinski definition) is 1. The van der Waals surface area contributed by atoms with Crippen molar-refractivity contribution in [1.82, 2.24) is 0 Å². The number of furan rings is 1. The summed E-state index contributed by atoms with van der Waals surface area (Å²) in [5.74, 6) is 0. The molecule has 2 nitrogen and oxygen atoms in total. The molecule has 10 aromatic carbocycles. The Balaban J connectivity index is 0.768. The van der Waals surface area contributed by atoms with Gasteiger partial charge in [-0.25, -0.2) is 0 Å². The Morgan fingerprint density at radius 3 is 1.43 bits per heavy atom. The van der Waals surface area contributed by atoms with Crippen LogP contribution in [0, 0.1) is 0 Å². The number of nitrogens with one attached hydrogen (secondary N) is 1. The number of hydrogen-bond acceptors (Lipinski definition) is 2. The van der Waals surface area contributed by atoms with E-state index in [0.717, 1.165) is 22.5 Å². The first-order valence-electron chi connectivity index (χ1n) is 33.6. The first-order valence-corrected chi connectivity index (χ1v) is 33.6. The van der Waals surface area contributed by atoms with Gasteiger partial charge in [0.05, 0.1) is 0 Å². The Labute approximate surface area is 523 Å². The molecule has 0 bridgehead atoms. The molecule has 1 N–H and O–H groups in total. The average molecular weight is 1150 g/mol. The van der Waals surface area contributed by atoms with Crippen LogP contribution in [0.1, 0.15) is 190 Å². The van der Waals surface area contributed by atoms with Gasteiger partial charge in [-0.15, -0.1) is 0 Å². The lowest BCUT2D eigenvalue weighted by molar-refractivity contribution is 0.398. The number of unbranched alkanes of at least 4 members (excludes halogenated alkanes) is 10. The predicted molar refractivity (Wildman–Crippen MR) is 375 cm³/mol. The van der Waals surface area contributed by atoms with Gasteiger partial charge in [0.25, 0.3) is 0 Å². The highest BCUT2D eigenvalue weighted by molar-refractivity contribution is 6.21. The molecule has 0 amide bonds. The fraction of sp³-hybridized carbons (Fsp3) is 0.302. The Hall–Kier alpha value is -8.20. The smallest absolute Gasteiger partial charge is 0.144 e. The van der Waals surface area contributed by atoms with Crippen molar-refractivity contribution in [2.75, 3.05) is 5.32 Å². The molecule has 0 saturated carbocycles. The molecule has 0 fully saturated rings. The summed E-state index contributed by atoms with van der Waals surface area (Å²) in [6, 6.07) is 74.2. The Morgan fingerprint density at radius 1 is 0.341 bits per heavy atom. The van der Waals surface area contributed by atoms with Crippen molar-refractivity contribution in [2.45, 2.75) is 167 Å². The summed E-state index contributed by atoms with van der Waals surface area (Å²) in [4.78, 5) is 0. The summed E-state index contributed by atoms with van der Waals surface area (Å²) in [7, 11) is 0. The molecule has 4 aliphatic rings. The number of fused-ring (bicyclic) bond motifs is 18. The SMILES string of the molecule is CCCCCCCCC1(CCCCCCCC)c2ccccc2-c2ccc(-c3ccc4c(c3)C(C)(C)c3cc(-c5ccc6c(c5)C(C)(C)c5c7c(c8c(oc9ccccc98)c5-6)-c5ccc(Nc6ccccc6-c6ccccc6)cc5C7(C)C)ccc3-4)cc21. The Kier molecular flexibility index (Phi) is 14.0. The second-order valence-electron chi connectivity index (χ2n) is 28.2. The molecule has 15 rings (SSSR count). The molecule has 440 valence electrons. The molecule has 2 heteroatoms. The van der Waals surface area contributed by atoms with E-state index in [4.69, 9.17) is 4.42 Å². The molecule has 0 spiro atoms. The number of benzene rings is 10. The molecule has 1 aromatic heterocycles. The summed E-state index contributed by atoms with van der Waals surface area (Å²) in [6.07, 6.45) is 18.4. The third-order valence-electron chi connectivity index (χ3n) is 21.8. The first-order chi connectivity index (χ1) is 42.8. The van der Waals surface area contributed by atoms with E-state index in [-0.39, 0.29) is 21.7 Å². The zero-order valence-electron chi connectivity index (χ0n) is 53.3. The van der Waals surface area contributed by atoms with E-state index in [9.17, 15) is 0 Å². The molecule has 0 unspecified atom stereocenters. The van der Waals surface area contributed by atoms with Gasteiger partial charge in [-0.3, -0.25) is 0 Å². The maximum atomic E-state index is 7.15. The van der Waals surface area contributed by atoms with Crippen LogP contribution in [0.25, 0.3) is 99.8 Å². The van der Waals surface area contributed by atoms with Gasteiger partial charge in [-0.2, -0.15) is 0 Å². The molecule has 0 aliphatic heterocycles. The lowest BCUT2D eigenvalue weighted by atomic mass is 9.70. The van der Waals surface area contributed by atoms with E-state index in [1.165, 1.54) is 212 Å². The van der Waals surface area contributed by atoms with Gasteiger partial charge in [0, 0.05) is 54.9 Å². The van der Waals surface area contributed by atoms with E-state index < -0.39 is 0 Å². The quantitative estimate of drug-likeness (QED) is 0.0817. The van der Waals surface area contributed by atoms with Gasteiger partial charge in [0.1, 0.15) is 11.2 Å². The second-order valence-corrected chi connectivity index (χ2v) is 28.2. The zero-order valence-corrected chi connectivity index (χ0v) is 53.3. The van der Waals surface area contributed by atoms with Crippen molar-refractivity contribution in [2.24, 2.45) is 0 Å². The number of rotatable bonds is 19. The summed E-state index contributed by atoms with van der Waals surface area (Å²) >= 11 is 0. The monoisotopic (exact) mass is 1150 g/mol. The Bertz CT molecular complexity index is 4520. The largest absolute Gasteiger partial charge is 0.455 e. The molecule has 1 heterocycles. The summed E-state index contributed by atoms with van der Waals surface area (Å²) < 4.78 is 7.15. The fourth-order valence-corrected chi connectivity index (χ4v) is 17.2. The average Bonchev–Trinajstić information content (AvgIpc) is 1.51. The molecule has 11 aromatic rings. The van der Waals surface area contributed by atoms with Crippen LogP contribution < -0.4 is 5.32 Å². The number of anilines is 2. The van der Waals surface area contributed by atoms with Crippen molar-refractivity contribution in [3.63, 3.8) is 0 Å². The minimum atomic E-state index is -0.321. The molecule has 0 radical (unpaired) electrons. The minimum Gasteiger partial charge on any atom is -0.455 e. The van der Waals surface area contributed by atoms with Crippen LogP contribution in [0.15, 0.2) is 199 Å². The van der Waals surface area contributed by atoms with Crippen LogP contribution in [0.4, 0.5) is 11.4 Å². The highest BCUT2D eigenvalue weighted by Crippen LogP contribution is 2.64. The van der Waals surface area contributed by atoms with Crippen molar-refractivity contribution in [1.29, 1.82) is 0 Å². The summed E-state index contributed by atoms with van der Waals surface area (Å²) in [5, 5.41) is 6.28. The molecule has 4 aliphatic carbocycles. The van der Waals surface area contributed by atoms with Crippen molar-refractivity contribution >= 4 is 33.3 Å². The molecular weight excluding hydrogens is 1060 g/mol. The molecule has 0 saturated heterocycles. The molecule has 88 heavy (non-hydrogen) atoms. The topological polar surface area (TPSA) is 25.2 Å². The van der Waals surface area contributed by atoms with Crippen LogP contribution in [0.2, 0.25) is 0 Å². The van der Waals surface area contributed by atoms with Gasteiger partial charge in [0.15, 0.2) is 0 Å². The highest BCUT2D eigenvalue weighted by Gasteiger charge is 2.49. The van der Waals surface area contributed by atoms with Gasteiger partial charge in [0.2, 0.25) is 0 Å². The van der Waals surface area contributed by atoms with Crippen LogP contribution in [0.5, 0.6) is 0 Å². The van der Waals surface area contributed by atoms with Crippen LogP contribution >= 0.6 is 0 Å². The fourth-order valence-electron chi connectivity index (χ4n) is 17.2. The molecule has 0 atom stereocenters. The van der Waals surface area contributed by atoms with Crippen molar-refractivity contribution < 1.29 is 4.42 Å². The first kappa shape index (κ1) is 56.3. The van der Waals surface area contributed by atoms with E-state index in [0.29, 0.717) is 0 Å². The second kappa shape index (κ2) is 21.8. The minimum absolute atomic E-state index is 0.0532. The van der Waals surface area contributed by atoms with Crippen LogP contribution in [0.3, 0.4) is 0 Å². The highest BCUT2D eigenvalue weighted by atomic mass is 16.3. The standard InChI is InChI=1S/C86H85NO/c1-9-11-13-15-17-28-48-86(49-29-18-16-14-12-10-2)69-35-25-22-33-62(69)65-45-40-59(53-74(65)86)57-39-44-64-63-43-38-56(50-70(63)83(3,4)71(64)51-57)58-41-46-67-72(52-58)84(5,6)81-79(67)82-78(68-34-24-27-37-76(68)88-82)77-66-47-42-60(54-73(66)85(7,8)80(77)81)87-75-36-26-23-32-61(75)55-30-20-19-21-31-55/h19-27,30-47,50-54,87H,9-18,28-29,48-49H2,1-8H3. The van der Waals surface area contributed by atoms with Gasteiger partial charge in [-0.1, -0.05) is 278 Å². The summed E-state index contributed by atoms with van der Waals surface area (Å²) in [6.45, 7) is 19.4. The lowest BCUT2D eigenvalue weighted by Crippen LogP contribution is -2.25. The maximum Gasteiger partial charge on any atom is 0.144 e. The third-order valence-corrected chi connectivity index (χ3v) is 21.8. The predicted octanol–water partition coefficient (Wildman–Crippen LogP) is 25.0. The third kappa shape index (κ3) is 8.84. The van der Waals surface area contributed by atoms with E-state index in [1.54, 1.807) is 11.1 Å². The van der Waals surface area contributed by atoms with Crippen LogP contribution in [-0.4, -0.2) is 0 Å². The van der Waals surface area contributed by atoms with Gasteiger partial charge < -0.3 is 9.73 Å². The van der Waals surface area contributed by atoms with Crippen molar-refractivity contribution in [3.05, 3.63) is 239 Å². The summed E-state index contributed by atoms with van der Waals surface area (Å²) in [5.41, 5.74) is 33.2. The zero-order chi connectivity index (χ0) is 60.1. The number of para-hydroxylation sites is 2. The van der Waals surface area contributed by atoms with Crippen LogP contribution in [-0.2, 0) is 21.7 Å². The van der Waals surface area contributed by atoms with Gasteiger partial charge >= 0.3 is 0 Å². The van der Waals surface area contributed by atoms with Crippen molar-refractivity contribution in [3.8, 4) is 77.9 Å². The Morgan fingerprint density at radius 2 is 0.795 bits per heavy atom. The van der Waals surface area contributed by atoms with E-state index in [1.807, 2.05) is 0 Å². The van der Waals surface area contributed by atoms with E-state index >= 15 is 0 Å². The lowest BCUT2D eigenvalue weighted by Gasteiger charge is -2.33. The van der Waals surface area contributed by atoms with E-state index in [2.05, 4.69) is 255 Å². The maximum absolute atomic E-state index is 7.15. The van der Waals surface area contributed by atoms with Gasteiger partial charge in [-0.05, 0) is 173 Å².